The molecule has 0 atom stereocenters. The number of nitrogens with zero attached hydrogens (tertiary/aromatic N) is 2. The Hall–Kier alpha value is -0.940. The van der Waals surface area contributed by atoms with Gasteiger partial charge in [-0.3, -0.25) is 4.79 Å². The lowest BCUT2D eigenvalue weighted by atomic mass is 10.4. The molecule has 0 radical (unpaired) electrons. The van der Waals surface area contributed by atoms with Gasteiger partial charge in [-0.1, -0.05) is 15.9 Å². The maximum atomic E-state index is 11.3. The Kier molecular flexibility index (Phi) is 4.03. The normalized spacial score (nSPS) is 10.3. The van der Waals surface area contributed by atoms with Crippen molar-refractivity contribution in [2.45, 2.75) is 0 Å². The molecule has 1 aromatic rings. The van der Waals surface area contributed by atoms with Crippen LogP contribution in [0.1, 0.15) is 0 Å². The molecule has 0 spiro atoms. The van der Waals surface area contributed by atoms with Crippen molar-refractivity contribution in [2.75, 3.05) is 26.0 Å². The van der Waals surface area contributed by atoms with E-state index in [1.54, 1.807) is 17.2 Å². The fourth-order valence-electron chi connectivity index (χ4n) is 0.943. The number of anilines is 1. The molecule has 1 rings (SSSR count). The van der Waals surface area contributed by atoms with Gasteiger partial charge in [0.2, 0.25) is 5.91 Å². The van der Waals surface area contributed by atoms with Gasteiger partial charge >= 0.3 is 0 Å². The Morgan fingerprint density at radius 2 is 2.36 bits per heavy atom. The van der Waals surface area contributed by atoms with E-state index in [0.717, 1.165) is 4.47 Å². The topological polar surface area (TPSA) is 45.2 Å². The third-order valence-corrected chi connectivity index (χ3v) is 1.94. The van der Waals surface area contributed by atoms with Gasteiger partial charge in [-0.2, -0.15) is 0 Å². The molecule has 76 valence electrons. The number of carbonyl (C=O) groups excluding carboxylic acids is 1. The van der Waals surface area contributed by atoms with Crippen molar-refractivity contribution in [2.24, 2.45) is 0 Å². The van der Waals surface area contributed by atoms with Gasteiger partial charge in [0.25, 0.3) is 0 Å². The number of hydrogen-bond donors (Lipinski definition) is 1. The molecule has 0 saturated carbocycles. The van der Waals surface area contributed by atoms with Gasteiger partial charge in [-0.15, -0.1) is 0 Å². The summed E-state index contributed by atoms with van der Waals surface area (Å²) in [6.07, 6.45) is 1.63. The molecule has 1 aromatic heterocycles. The number of carbonyl (C=O) groups is 1. The van der Waals surface area contributed by atoms with Crippen molar-refractivity contribution in [1.82, 2.24) is 9.88 Å². The predicted molar refractivity (Wildman–Crippen MR) is 59.1 cm³/mol. The first-order valence-electron chi connectivity index (χ1n) is 4.14. The summed E-state index contributed by atoms with van der Waals surface area (Å²) in [5.41, 5.74) is 0. The Labute approximate surface area is 91.4 Å². The van der Waals surface area contributed by atoms with Crippen LogP contribution >= 0.6 is 15.9 Å². The van der Waals surface area contributed by atoms with Crippen LogP contribution in [0.2, 0.25) is 0 Å². The first-order chi connectivity index (χ1) is 6.58. The highest BCUT2D eigenvalue weighted by molar-refractivity contribution is 9.10. The molecule has 1 heterocycles. The smallest absolute Gasteiger partial charge is 0.239 e. The van der Waals surface area contributed by atoms with Gasteiger partial charge in [0.15, 0.2) is 0 Å². The fourth-order valence-corrected chi connectivity index (χ4v) is 1.28. The van der Waals surface area contributed by atoms with Crippen LogP contribution < -0.4 is 5.32 Å². The van der Waals surface area contributed by atoms with Crippen molar-refractivity contribution in [3.8, 4) is 0 Å². The highest BCUT2D eigenvalue weighted by atomic mass is 79.9. The van der Waals surface area contributed by atoms with Crippen LogP contribution in [0.4, 0.5) is 5.82 Å². The predicted octanol–water partition coefficient (Wildman–Crippen LogP) is 1.34. The highest BCUT2D eigenvalue weighted by Crippen LogP contribution is 2.12. The van der Waals surface area contributed by atoms with E-state index < -0.39 is 0 Å². The van der Waals surface area contributed by atoms with Gasteiger partial charge < -0.3 is 10.2 Å². The van der Waals surface area contributed by atoms with E-state index in [-0.39, 0.29) is 5.91 Å². The van der Waals surface area contributed by atoms with E-state index in [1.165, 1.54) is 0 Å². The average molecular weight is 258 g/mol. The zero-order valence-electron chi connectivity index (χ0n) is 8.12. The van der Waals surface area contributed by atoms with E-state index in [2.05, 4.69) is 26.2 Å². The van der Waals surface area contributed by atoms with Crippen LogP contribution in [0, 0.1) is 0 Å². The van der Waals surface area contributed by atoms with Crippen LogP contribution in [-0.4, -0.2) is 36.4 Å². The summed E-state index contributed by atoms with van der Waals surface area (Å²) in [5.74, 6) is 0.492. The molecule has 1 amide bonds. The summed E-state index contributed by atoms with van der Waals surface area (Å²) >= 11 is 3.30. The number of rotatable bonds is 3. The molecule has 0 unspecified atom stereocenters. The number of nitrogens with one attached hydrogen (secondary N) is 1. The van der Waals surface area contributed by atoms with Crippen LogP contribution in [0.25, 0.3) is 0 Å². The van der Waals surface area contributed by atoms with Gasteiger partial charge in [-0.05, 0) is 26.2 Å². The van der Waals surface area contributed by atoms with Crippen LogP contribution in [0.15, 0.2) is 22.8 Å². The minimum absolute atomic E-state index is 0.0689. The van der Waals surface area contributed by atoms with Crippen LogP contribution in [0.5, 0.6) is 0 Å². The van der Waals surface area contributed by atoms with Crippen molar-refractivity contribution < 1.29 is 4.79 Å². The molecular formula is C9H12BrN3O. The minimum Gasteiger partial charge on any atom is -0.310 e. The largest absolute Gasteiger partial charge is 0.310 e. The lowest BCUT2D eigenvalue weighted by Gasteiger charge is -2.09. The summed E-state index contributed by atoms with van der Waals surface area (Å²) in [6, 6.07) is 3.56. The average Bonchev–Trinajstić information content (AvgIpc) is 2.01. The summed E-state index contributed by atoms with van der Waals surface area (Å²) in [4.78, 5) is 17.1. The molecule has 0 saturated heterocycles. The molecule has 0 aliphatic heterocycles. The van der Waals surface area contributed by atoms with Gasteiger partial charge in [0.05, 0.1) is 6.54 Å². The number of amides is 1. The Morgan fingerprint density at radius 3 is 2.93 bits per heavy atom. The second-order valence-corrected chi connectivity index (χ2v) is 4.06. The number of aromatic nitrogens is 1. The van der Waals surface area contributed by atoms with Crippen molar-refractivity contribution in [3.63, 3.8) is 0 Å². The van der Waals surface area contributed by atoms with E-state index in [0.29, 0.717) is 12.4 Å². The summed E-state index contributed by atoms with van der Waals surface area (Å²) < 4.78 is 0.896. The third kappa shape index (κ3) is 3.85. The highest BCUT2D eigenvalue weighted by Gasteiger charge is 2.04. The van der Waals surface area contributed by atoms with Gasteiger partial charge in [-0.25, -0.2) is 4.98 Å². The molecule has 1 N–H and O–H groups in total. The molecular weight excluding hydrogens is 246 g/mol. The number of halogens is 1. The Bertz CT molecular complexity index is 328. The standard InChI is InChI=1S/C9H12BrN3O/c1-13(2)6-9(14)12-8-5-7(10)3-4-11-8/h3-5H,6H2,1-2H3,(H,11,12,14). The molecule has 0 aliphatic carbocycles. The maximum absolute atomic E-state index is 11.3. The second kappa shape index (κ2) is 5.07. The molecule has 0 aromatic carbocycles. The Morgan fingerprint density at radius 1 is 1.64 bits per heavy atom. The number of likely N-dealkylation sites (N-methyl/N-ethyl adjacent to an activating group) is 1. The quantitative estimate of drug-likeness (QED) is 0.889. The lowest BCUT2D eigenvalue weighted by Crippen LogP contribution is -2.27. The van der Waals surface area contributed by atoms with E-state index in [1.807, 2.05) is 20.2 Å². The molecule has 0 aliphatic rings. The van der Waals surface area contributed by atoms with Crippen molar-refractivity contribution in [3.05, 3.63) is 22.8 Å². The second-order valence-electron chi connectivity index (χ2n) is 3.15. The lowest BCUT2D eigenvalue weighted by molar-refractivity contribution is -0.116. The van der Waals surface area contributed by atoms with E-state index in [4.69, 9.17) is 0 Å². The zero-order valence-corrected chi connectivity index (χ0v) is 9.71. The fraction of sp³-hybridized carbons (Fsp3) is 0.333. The molecule has 14 heavy (non-hydrogen) atoms. The molecule has 5 heteroatoms. The molecule has 0 bridgehead atoms. The Balaban J connectivity index is 2.56. The van der Waals surface area contributed by atoms with E-state index >= 15 is 0 Å². The SMILES string of the molecule is CN(C)CC(=O)Nc1cc(Br)ccn1. The zero-order chi connectivity index (χ0) is 10.6. The van der Waals surface area contributed by atoms with Crippen LogP contribution in [0.3, 0.4) is 0 Å². The summed E-state index contributed by atoms with van der Waals surface area (Å²) in [7, 11) is 3.68. The van der Waals surface area contributed by atoms with Crippen molar-refractivity contribution >= 4 is 27.7 Å². The van der Waals surface area contributed by atoms with Gasteiger partial charge in [0, 0.05) is 10.7 Å². The van der Waals surface area contributed by atoms with Gasteiger partial charge in [0.1, 0.15) is 5.82 Å². The third-order valence-electron chi connectivity index (χ3n) is 1.45. The molecule has 4 nitrogen and oxygen atoms in total. The minimum atomic E-state index is -0.0689. The number of hydrogen-bond acceptors (Lipinski definition) is 3. The summed E-state index contributed by atoms with van der Waals surface area (Å²) in [5, 5.41) is 2.69. The van der Waals surface area contributed by atoms with Crippen LogP contribution in [-0.2, 0) is 4.79 Å². The van der Waals surface area contributed by atoms with E-state index in [9.17, 15) is 4.79 Å². The number of pyridine rings is 1. The first-order valence-corrected chi connectivity index (χ1v) is 4.93. The van der Waals surface area contributed by atoms with Crippen molar-refractivity contribution in [1.29, 1.82) is 0 Å². The monoisotopic (exact) mass is 257 g/mol. The molecule has 0 fully saturated rings. The summed E-state index contributed by atoms with van der Waals surface area (Å²) in [6.45, 7) is 0.355. The first kappa shape index (κ1) is 11.1. The maximum Gasteiger partial charge on any atom is 0.239 e.